The third-order valence-electron chi connectivity index (χ3n) is 1.61. The van der Waals surface area contributed by atoms with Crippen molar-refractivity contribution in [2.75, 3.05) is 0 Å². The number of hydrogen-bond donors (Lipinski definition) is 0. The Balaban J connectivity index is 3.04. The number of nitro groups is 1. The molecule has 0 unspecified atom stereocenters. The van der Waals surface area contributed by atoms with Crippen molar-refractivity contribution in [1.29, 1.82) is 0 Å². The van der Waals surface area contributed by atoms with Crippen LogP contribution in [-0.2, 0) is 0 Å². The Morgan fingerprint density at radius 1 is 1.43 bits per heavy atom. The summed E-state index contributed by atoms with van der Waals surface area (Å²) in [5.74, 6) is -1.99. The zero-order valence-electron chi connectivity index (χ0n) is 7.33. The fraction of sp³-hybridized carbons (Fsp3) is 0.111. The van der Waals surface area contributed by atoms with E-state index in [1.165, 1.54) is 19.1 Å². The van der Waals surface area contributed by atoms with Crippen molar-refractivity contribution in [3.05, 3.63) is 51.2 Å². The maximum atomic E-state index is 12.7. The van der Waals surface area contributed by atoms with Gasteiger partial charge in [-0.25, -0.2) is 8.78 Å². The van der Waals surface area contributed by atoms with Crippen LogP contribution in [0, 0.1) is 21.7 Å². The van der Waals surface area contributed by atoms with Gasteiger partial charge in [-0.15, -0.1) is 0 Å². The highest BCUT2D eigenvalue weighted by Gasteiger charge is 2.05. The Kier molecular flexibility index (Phi) is 2.91. The van der Waals surface area contributed by atoms with Crippen LogP contribution < -0.4 is 0 Å². The molecule has 0 saturated carbocycles. The summed E-state index contributed by atoms with van der Waals surface area (Å²) in [6, 6.07) is 3.10. The lowest BCUT2D eigenvalue weighted by Crippen LogP contribution is -1.93. The average Bonchev–Trinajstić information content (AvgIpc) is 2.11. The second-order valence-corrected chi connectivity index (χ2v) is 2.72. The molecule has 0 amide bonds. The van der Waals surface area contributed by atoms with Crippen molar-refractivity contribution in [2.24, 2.45) is 0 Å². The van der Waals surface area contributed by atoms with Gasteiger partial charge in [-0.2, -0.15) is 0 Å². The largest absolute Gasteiger partial charge is 0.259 e. The monoisotopic (exact) mass is 199 g/mol. The third-order valence-corrected chi connectivity index (χ3v) is 1.61. The van der Waals surface area contributed by atoms with Crippen molar-refractivity contribution >= 4 is 6.08 Å². The number of nitrogens with zero attached hydrogens (tertiary/aromatic N) is 1. The zero-order chi connectivity index (χ0) is 10.7. The molecule has 74 valence electrons. The van der Waals surface area contributed by atoms with Crippen molar-refractivity contribution in [3.63, 3.8) is 0 Å². The molecule has 0 spiro atoms. The molecule has 0 heterocycles. The van der Waals surface area contributed by atoms with E-state index in [0.717, 1.165) is 12.1 Å². The number of rotatable bonds is 2. The maximum absolute atomic E-state index is 12.7. The van der Waals surface area contributed by atoms with Crippen LogP contribution in [0.15, 0.2) is 23.9 Å². The van der Waals surface area contributed by atoms with E-state index in [9.17, 15) is 18.9 Å². The highest BCUT2D eigenvalue weighted by molar-refractivity contribution is 5.50. The van der Waals surface area contributed by atoms with Crippen LogP contribution >= 0.6 is 0 Å². The van der Waals surface area contributed by atoms with E-state index in [1.54, 1.807) is 0 Å². The van der Waals surface area contributed by atoms with Crippen LogP contribution in [0.5, 0.6) is 0 Å². The first kappa shape index (κ1) is 10.3. The van der Waals surface area contributed by atoms with Crippen LogP contribution in [0.3, 0.4) is 0 Å². The molecular weight excluding hydrogens is 192 g/mol. The van der Waals surface area contributed by atoms with Gasteiger partial charge in [0.15, 0.2) is 11.6 Å². The van der Waals surface area contributed by atoms with Crippen LogP contribution in [0.2, 0.25) is 0 Å². The lowest BCUT2D eigenvalue weighted by molar-refractivity contribution is -0.422. The molecule has 0 aliphatic carbocycles. The molecule has 0 aliphatic rings. The summed E-state index contributed by atoms with van der Waals surface area (Å²) in [5, 5.41) is 10.2. The summed E-state index contributed by atoms with van der Waals surface area (Å²) in [4.78, 5) is 9.63. The predicted molar refractivity (Wildman–Crippen MR) is 47.0 cm³/mol. The topological polar surface area (TPSA) is 43.1 Å². The number of hydrogen-bond acceptors (Lipinski definition) is 2. The Morgan fingerprint density at radius 3 is 2.57 bits per heavy atom. The Bertz CT molecular complexity index is 402. The Hall–Kier alpha value is -1.78. The van der Waals surface area contributed by atoms with Crippen molar-refractivity contribution < 1.29 is 13.7 Å². The minimum atomic E-state index is -1.02. The molecule has 0 saturated heterocycles. The summed E-state index contributed by atoms with van der Waals surface area (Å²) in [7, 11) is 0. The van der Waals surface area contributed by atoms with Crippen molar-refractivity contribution in [3.8, 4) is 0 Å². The van der Waals surface area contributed by atoms with Gasteiger partial charge in [0, 0.05) is 13.0 Å². The first-order chi connectivity index (χ1) is 6.50. The van der Waals surface area contributed by atoms with E-state index in [-0.39, 0.29) is 11.3 Å². The molecule has 0 radical (unpaired) electrons. The van der Waals surface area contributed by atoms with E-state index >= 15 is 0 Å². The van der Waals surface area contributed by atoms with Gasteiger partial charge in [-0.3, -0.25) is 10.1 Å². The highest BCUT2D eigenvalue weighted by Crippen LogP contribution is 2.12. The van der Waals surface area contributed by atoms with Gasteiger partial charge < -0.3 is 0 Å². The second kappa shape index (κ2) is 3.95. The second-order valence-electron chi connectivity index (χ2n) is 2.72. The molecule has 0 aliphatic heterocycles. The van der Waals surface area contributed by atoms with E-state index in [2.05, 4.69) is 0 Å². The Morgan fingerprint density at radius 2 is 2.07 bits per heavy atom. The zero-order valence-corrected chi connectivity index (χ0v) is 7.33. The highest BCUT2D eigenvalue weighted by atomic mass is 19.2. The number of benzene rings is 1. The van der Waals surface area contributed by atoms with Crippen molar-refractivity contribution in [1.82, 2.24) is 0 Å². The molecule has 0 atom stereocenters. The molecule has 1 rings (SSSR count). The molecule has 1 aromatic rings. The summed E-state index contributed by atoms with van der Waals surface area (Å²) in [6.07, 6.45) is 1.17. The van der Waals surface area contributed by atoms with E-state index in [0.29, 0.717) is 0 Å². The van der Waals surface area contributed by atoms with Gasteiger partial charge in [0.25, 0.3) is 0 Å². The van der Waals surface area contributed by atoms with Gasteiger partial charge in [-0.05, 0) is 17.7 Å². The van der Waals surface area contributed by atoms with Gasteiger partial charge in [0.2, 0.25) is 5.70 Å². The van der Waals surface area contributed by atoms with Crippen LogP contribution in [0.4, 0.5) is 8.78 Å². The molecule has 5 heteroatoms. The van der Waals surface area contributed by atoms with E-state index in [4.69, 9.17) is 0 Å². The summed E-state index contributed by atoms with van der Waals surface area (Å²) < 4.78 is 25.1. The number of allylic oxidation sites excluding steroid dienone is 1. The van der Waals surface area contributed by atoms with Crippen molar-refractivity contribution in [2.45, 2.75) is 6.92 Å². The molecule has 0 bridgehead atoms. The molecule has 3 nitrogen and oxygen atoms in total. The van der Waals surface area contributed by atoms with E-state index in [1.807, 2.05) is 0 Å². The molecule has 14 heavy (non-hydrogen) atoms. The first-order valence-corrected chi connectivity index (χ1v) is 3.78. The minimum absolute atomic E-state index is 0.129. The molecule has 0 N–H and O–H groups in total. The van der Waals surface area contributed by atoms with Gasteiger partial charge in [0.05, 0.1) is 4.92 Å². The molecule has 0 fully saturated rings. The predicted octanol–water partition coefficient (Wildman–Crippen LogP) is 2.60. The summed E-state index contributed by atoms with van der Waals surface area (Å²) >= 11 is 0. The van der Waals surface area contributed by atoms with E-state index < -0.39 is 16.6 Å². The molecule has 0 aromatic heterocycles. The van der Waals surface area contributed by atoms with Gasteiger partial charge in [-0.1, -0.05) is 6.07 Å². The SMILES string of the molecule is C/C(=C/c1ccc(F)c(F)c1)[N+](=O)[O-]. The average molecular weight is 199 g/mol. The smallest absolute Gasteiger partial charge is 0.243 e. The standard InChI is InChI=1S/C9H7F2NO2/c1-6(12(13)14)4-7-2-3-8(10)9(11)5-7/h2-5H,1H3/b6-4-. The summed E-state index contributed by atoms with van der Waals surface area (Å²) in [5.41, 5.74) is 0.133. The summed E-state index contributed by atoms with van der Waals surface area (Å²) in [6.45, 7) is 1.28. The maximum Gasteiger partial charge on any atom is 0.243 e. The van der Waals surface area contributed by atoms with Crippen LogP contribution in [-0.4, -0.2) is 4.92 Å². The molecular formula is C9H7F2NO2. The lowest BCUT2D eigenvalue weighted by atomic mass is 10.2. The Labute approximate surface area is 78.8 Å². The van der Waals surface area contributed by atoms with Gasteiger partial charge in [0.1, 0.15) is 0 Å². The first-order valence-electron chi connectivity index (χ1n) is 3.78. The minimum Gasteiger partial charge on any atom is -0.259 e. The van der Waals surface area contributed by atoms with Gasteiger partial charge >= 0.3 is 0 Å². The quantitative estimate of drug-likeness (QED) is 0.542. The third kappa shape index (κ3) is 2.35. The normalized spacial score (nSPS) is 11.5. The number of halogens is 2. The van der Waals surface area contributed by atoms with Crippen LogP contribution in [0.25, 0.3) is 6.08 Å². The van der Waals surface area contributed by atoms with Crippen LogP contribution in [0.1, 0.15) is 12.5 Å². The fourth-order valence-corrected chi connectivity index (χ4v) is 0.896. The molecule has 1 aromatic carbocycles. The fourth-order valence-electron chi connectivity index (χ4n) is 0.896. The lowest BCUT2D eigenvalue weighted by Gasteiger charge is -1.95.